The number of anilines is 1. The van der Waals surface area contributed by atoms with Gasteiger partial charge in [-0.25, -0.2) is 4.98 Å². The number of rotatable bonds is 10. The second-order valence-electron chi connectivity index (χ2n) is 7.70. The van der Waals surface area contributed by atoms with E-state index in [2.05, 4.69) is 27.4 Å². The Bertz CT molecular complexity index is 610. The van der Waals surface area contributed by atoms with Crippen LogP contribution >= 0.6 is 11.3 Å². The van der Waals surface area contributed by atoms with Crippen LogP contribution in [0, 0.1) is 0 Å². The summed E-state index contributed by atoms with van der Waals surface area (Å²) in [5.41, 5.74) is 1.17. The van der Waals surface area contributed by atoms with Crippen molar-refractivity contribution in [1.82, 2.24) is 15.2 Å². The minimum Gasteiger partial charge on any atom is -0.385 e. The van der Waals surface area contributed by atoms with Crippen molar-refractivity contribution in [2.75, 3.05) is 64.5 Å². The molecule has 0 bridgehead atoms. The van der Waals surface area contributed by atoms with Gasteiger partial charge in [-0.15, -0.1) is 11.3 Å². The number of hydrogen-bond acceptors (Lipinski definition) is 6. The molecule has 0 unspecified atom stereocenters. The normalized spacial score (nSPS) is 18.6. The highest BCUT2D eigenvalue weighted by Crippen LogP contribution is 2.24. The van der Waals surface area contributed by atoms with Gasteiger partial charge in [0.2, 0.25) is 0 Å². The monoisotopic (exact) mass is 423 g/mol. The van der Waals surface area contributed by atoms with Gasteiger partial charge in [-0.2, -0.15) is 0 Å². The Labute approximate surface area is 179 Å². The molecule has 0 aliphatic carbocycles. The number of ether oxygens (including phenoxy) is 2. The number of hydrogen-bond donors (Lipinski definition) is 1. The van der Waals surface area contributed by atoms with Crippen LogP contribution in [0.2, 0.25) is 0 Å². The van der Waals surface area contributed by atoms with E-state index in [4.69, 9.17) is 19.5 Å². The first-order chi connectivity index (χ1) is 14.3. The fourth-order valence-corrected chi connectivity index (χ4v) is 4.77. The van der Waals surface area contributed by atoms with Crippen LogP contribution in [-0.4, -0.2) is 81.5 Å². The second-order valence-corrected chi connectivity index (χ2v) is 8.54. The van der Waals surface area contributed by atoms with Crippen LogP contribution in [0.15, 0.2) is 10.4 Å². The van der Waals surface area contributed by atoms with Gasteiger partial charge >= 0.3 is 0 Å². The molecule has 1 aromatic rings. The van der Waals surface area contributed by atoms with Crippen LogP contribution in [-0.2, 0) is 15.9 Å². The van der Waals surface area contributed by atoms with Crippen molar-refractivity contribution in [1.29, 1.82) is 0 Å². The fraction of sp³-hybridized carbons (Fsp3) is 0.810. The van der Waals surface area contributed by atoms with Crippen molar-refractivity contribution in [2.45, 2.75) is 51.6 Å². The van der Waals surface area contributed by atoms with Gasteiger partial charge in [0.05, 0.1) is 11.8 Å². The van der Waals surface area contributed by atoms with E-state index < -0.39 is 0 Å². The van der Waals surface area contributed by atoms with Gasteiger partial charge < -0.3 is 24.6 Å². The number of aromatic nitrogens is 1. The molecule has 2 fully saturated rings. The van der Waals surface area contributed by atoms with Gasteiger partial charge in [0.25, 0.3) is 0 Å². The Kier molecular flexibility index (Phi) is 9.50. The summed E-state index contributed by atoms with van der Waals surface area (Å²) in [6.45, 7) is 9.66. The zero-order chi connectivity index (χ0) is 20.3. The van der Waals surface area contributed by atoms with E-state index in [9.17, 15) is 0 Å². The van der Waals surface area contributed by atoms with E-state index in [0.29, 0.717) is 6.10 Å². The third-order valence-corrected chi connectivity index (χ3v) is 6.42. The predicted molar refractivity (Wildman–Crippen MR) is 120 cm³/mol. The molecule has 2 aliphatic rings. The maximum atomic E-state index is 5.98. The van der Waals surface area contributed by atoms with Crippen molar-refractivity contribution < 1.29 is 9.47 Å². The van der Waals surface area contributed by atoms with Gasteiger partial charge in [-0.05, 0) is 39.0 Å². The Hall–Kier alpha value is -1.38. The molecule has 7 nitrogen and oxygen atoms in total. The SMILES string of the molecule is CCNC(=NCCc1csc(N2CCCC2)n1)N1CCC(OCCCOC)CC1. The minimum absolute atomic E-state index is 0.366. The van der Waals surface area contributed by atoms with Crippen LogP contribution in [0.25, 0.3) is 0 Å². The Balaban J connectivity index is 1.42. The molecule has 0 saturated carbocycles. The van der Waals surface area contributed by atoms with Crippen LogP contribution in [0.1, 0.15) is 44.7 Å². The zero-order valence-electron chi connectivity index (χ0n) is 18.1. The van der Waals surface area contributed by atoms with Gasteiger partial charge in [0.15, 0.2) is 11.1 Å². The number of guanidine groups is 1. The molecule has 0 radical (unpaired) electrons. The number of aliphatic imine (C=N–C) groups is 1. The van der Waals surface area contributed by atoms with Gasteiger partial charge in [0, 0.05) is 71.4 Å². The lowest BCUT2D eigenvalue weighted by Gasteiger charge is -2.34. The number of methoxy groups -OCH3 is 1. The Morgan fingerprint density at radius 3 is 2.76 bits per heavy atom. The zero-order valence-corrected chi connectivity index (χ0v) is 18.9. The molecular formula is C21H37N5O2S. The first-order valence-corrected chi connectivity index (χ1v) is 12.0. The number of nitrogens with zero attached hydrogens (tertiary/aromatic N) is 4. The molecule has 0 amide bonds. The maximum absolute atomic E-state index is 5.98. The van der Waals surface area contributed by atoms with Crippen LogP contribution in [0.5, 0.6) is 0 Å². The summed E-state index contributed by atoms with van der Waals surface area (Å²) < 4.78 is 11.1. The maximum Gasteiger partial charge on any atom is 0.193 e. The van der Waals surface area contributed by atoms with Crippen LogP contribution in [0.4, 0.5) is 5.13 Å². The number of thiazole rings is 1. The molecule has 0 aromatic carbocycles. The predicted octanol–water partition coefficient (Wildman–Crippen LogP) is 2.77. The smallest absolute Gasteiger partial charge is 0.193 e. The molecule has 0 atom stereocenters. The molecule has 164 valence electrons. The van der Waals surface area contributed by atoms with E-state index >= 15 is 0 Å². The molecule has 3 rings (SSSR count). The van der Waals surface area contributed by atoms with Crippen LogP contribution < -0.4 is 10.2 Å². The van der Waals surface area contributed by atoms with Crippen LogP contribution in [0.3, 0.4) is 0 Å². The second kappa shape index (κ2) is 12.3. The lowest BCUT2D eigenvalue weighted by atomic mass is 10.1. The third-order valence-electron chi connectivity index (χ3n) is 5.47. The van der Waals surface area contributed by atoms with Crippen molar-refractivity contribution in [2.24, 2.45) is 4.99 Å². The summed E-state index contributed by atoms with van der Waals surface area (Å²) in [7, 11) is 1.74. The number of piperidine rings is 1. The highest BCUT2D eigenvalue weighted by molar-refractivity contribution is 7.13. The molecular weight excluding hydrogens is 386 g/mol. The topological polar surface area (TPSA) is 62.2 Å². The highest BCUT2D eigenvalue weighted by Gasteiger charge is 2.22. The molecule has 0 spiro atoms. The summed E-state index contributed by atoms with van der Waals surface area (Å²) in [4.78, 5) is 14.5. The molecule has 8 heteroatoms. The van der Waals surface area contributed by atoms with Crippen molar-refractivity contribution in [3.8, 4) is 0 Å². The third kappa shape index (κ3) is 7.12. The molecule has 1 aromatic heterocycles. The van der Waals surface area contributed by atoms with E-state index in [1.54, 1.807) is 18.4 Å². The average Bonchev–Trinajstić information content (AvgIpc) is 3.43. The standard InChI is InChI=1S/C21H37N5O2S/c1-3-22-20(25-13-8-19(9-14-25)28-16-6-15-27-2)23-10-7-18-17-29-21(24-18)26-11-4-5-12-26/h17,19H,3-16H2,1-2H3,(H,22,23). The van der Waals surface area contributed by atoms with E-state index in [1.165, 1.54) is 23.7 Å². The molecule has 2 aliphatic heterocycles. The fourth-order valence-electron chi connectivity index (χ4n) is 3.85. The molecule has 29 heavy (non-hydrogen) atoms. The molecule has 3 heterocycles. The largest absolute Gasteiger partial charge is 0.385 e. The summed E-state index contributed by atoms with van der Waals surface area (Å²) in [5, 5.41) is 6.83. The Morgan fingerprint density at radius 2 is 2.03 bits per heavy atom. The highest BCUT2D eigenvalue weighted by atomic mass is 32.1. The average molecular weight is 424 g/mol. The van der Waals surface area contributed by atoms with Gasteiger partial charge in [-0.1, -0.05) is 0 Å². The Morgan fingerprint density at radius 1 is 1.24 bits per heavy atom. The summed E-state index contributed by atoms with van der Waals surface area (Å²) in [5.74, 6) is 1.03. The van der Waals surface area contributed by atoms with Gasteiger partial charge in [0.1, 0.15) is 0 Å². The van der Waals surface area contributed by atoms with E-state index in [0.717, 1.165) is 84.1 Å². The minimum atomic E-state index is 0.366. The number of nitrogens with one attached hydrogen (secondary N) is 1. The number of likely N-dealkylation sites (tertiary alicyclic amines) is 1. The van der Waals surface area contributed by atoms with E-state index in [-0.39, 0.29) is 0 Å². The lowest BCUT2D eigenvalue weighted by Crippen LogP contribution is -2.47. The quantitative estimate of drug-likeness (QED) is 0.355. The molecule has 2 saturated heterocycles. The lowest BCUT2D eigenvalue weighted by molar-refractivity contribution is 0.00991. The van der Waals surface area contributed by atoms with Crippen molar-refractivity contribution >= 4 is 22.4 Å². The van der Waals surface area contributed by atoms with E-state index in [1.807, 2.05) is 0 Å². The molecule has 1 N–H and O–H groups in total. The summed E-state index contributed by atoms with van der Waals surface area (Å²) >= 11 is 1.77. The first kappa shape index (κ1) is 22.3. The van der Waals surface area contributed by atoms with Crippen molar-refractivity contribution in [3.63, 3.8) is 0 Å². The summed E-state index contributed by atoms with van der Waals surface area (Å²) in [6.07, 6.45) is 6.94. The van der Waals surface area contributed by atoms with Gasteiger partial charge in [-0.3, -0.25) is 4.99 Å². The summed E-state index contributed by atoms with van der Waals surface area (Å²) in [6, 6.07) is 0. The van der Waals surface area contributed by atoms with Crippen molar-refractivity contribution in [3.05, 3.63) is 11.1 Å². The first-order valence-electron chi connectivity index (χ1n) is 11.1.